The maximum Gasteiger partial charge on any atom is 0.129 e. The second kappa shape index (κ2) is 6.73. The van der Waals surface area contributed by atoms with E-state index in [-0.39, 0.29) is 6.04 Å². The Balaban J connectivity index is 1.89. The van der Waals surface area contributed by atoms with Crippen molar-refractivity contribution in [1.29, 1.82) is 0 Å². The number of morpholine rings is 1. The standard InChI is InChI=1S/C21H24N2O2/c1-14-15-6-2-4-8-17(15)20(23-10-12-25-13-11-23)19(14)16-7-3-5-9-18(16)21(22)24/h2-9,20-21,24H,10-13,22H2,1H3. The third kappa shape index (κ3) is 2.81. The highest BCUT2D eigenvalue weighted by Crippen LogP contribution is 2.49. The predicted molar refractivity (Wildman–Crippen MR) is 99.7 cm³/mol. The van der Waals surface area contributed by atoms with Gasteiger partial charge in [-0.2, -0.15) is 0 Å². The number of nitrogens with zero attached hydrogens (tertiary/aromatic N) is 1. The summed E-state index contributed by atoms with van der Waals surface area (Å²) in [5.74, 6) is 0. The van der Waals surface area contributed by atoms with E-state index in [9.17, 15) is 5.11 Å². The monoisotopic (exact) mass is 336 g/mol. The van der Waals surface area contributed by atoms with Gasteiger partial charge in [0, 0.05) is 18.7 Å². The number of hydrogen-bond donors (Lipinski definition) is 2. The molecule has 4 nitrogen and oxygen atoms in total. The number of ether oxygens (including phenoxy) is 1. The number of fused-ring (bicyclic) bond motifs is 1. The zero-order valence-corrected chi connectivity index (χ0v) is 14.5. The number of nitrogens with two attached hydrogens (primary N) is 1. The van der Waals surface area contributed by atoms with Crippen molar-refractivity contribution < 1.29 is 9.84 Å². The van der Waals surface area contributed by atoms with E-state index in [1.807, 2.05) is 18.2 Å². The minimum Gasteiger partial charge on any atom is -0.379 e. The molecule has 1 aliphatic heterocycles. The van der Waals surface area contributed by atoms with E-state index in [0.717, 1.165) is 37.4 Å². The highest BCUT2D eigenvalue weighted by Gasteiger charge is 2.35. The molecule has 2 aliphatic rings. The van der Waals surface area contributed by atoms with Gasteiger partial charge in [-0.1, -0.05) is 48.5 Å². The third-order valence-corrected chi connectivity index (χ3v) is 5.32. The van der Waals surface area contributed by atoms with Gasteiger partial charge in [0.05, 0.1) is 19.3 Å². The fourth-order valence-electron chi connectivity index (χ4n) is 4.15. The van der Waals surface area contributed by atoms with E-state index >= 15 is 0 Å². The van der Waals surface area contributed by atoms with Gasteiger partial charge in [0.15, 0.2) is 0 Å². The van der Waals surface area contributed by atoms with Gasteiger partial charge >= 0.3 is 0 Å². The smallest absolute Gasteiger partial charge is 0.129 e. The van der Waals surface area contributed by atoms with Gasteiger partial charge in [0.25, 0.3) is 0 Å². The average Bonchev–Trinajstić information content (AvgIpc) is 2.95. The van der Waals surface area contributed by atoms with E-state index in [0.29, 0.717) is 0 Å². The molecule has 2 atom stereocenters. The van der Waals surface area contributed by atoms with Crippen molar-refractivity contribution >= 4 is 11.1 Å². The maximum absolute atomic E-state index is 10.1. The van der Waals surface area contributed by atoms with Crippen LogP contribution in [0.1, 0.15) is 41.4 Å². The van der Waals surface area contributed by atoms with Gasteiger partial charge in [0.2, 0.25) is 0 Å². The quantitative estimate of drug-likeness (QED) is 0.846. The fraction of sp³-hybridized carbons (Fsp3) is 0.333. The van der Waals surface area contributed by atoms with Gasteiger partial charge in [-0.25, -0.2) is 0 Å². The van der Waals surface area contributed by atoms with Crippen LogP contribution in [0.25, 0.3) is 11.1 Å². The summed E-state index contributed by atoms with van der Waals surface area (Å²) >= 11 is 0. The number of aliphatic hydroxyl groups is 1. The van der Waals surface area contributed by atoms with E-state index in [2.05, 4.69) is 42.2 Å². The first-order chi connectivity index (χ1) is 12.2. The molecule has 0 bridgehead atoms. The Hall–Kier alpha value is -1.98. The van der Waals surface area contributed by atoms with Crippen molar-refractivity contribution in [3.05, 3.63) is 70.8 Å². The van der Waals surface area contributed by atoms with Crippen LogP contribution < -0.4 is 5.73 Å². The maximum atomic E-state index is 10.1. The van der Waals surface area contributed by atoms with E-state index in [1.54, 1.807) is 0 Å². The summed E-state index contributed by atoms with van der Waals surface area (Å²) < 4.78 is 5.56. The van der Waals surface area contributed by atoms with E-state index < -0.39 is 6.23 Å². The lowest BCUT2D eigenvalue weighted by Crippen LogP contribution is -2.39. The molecule has 1 fully saturated rings. The second-order valence-electron chi connectivity index (χ2n) is 6.71. The predicted octanol–water partition coefficient (Wildman–Crippen LogP) is 2.95. The molecule has 0 saturated carbocycles. The molecule has 2 aromatic carbocycles. The Labute approximate surface area is 148 Å². The molecule has 4 heteroatoms. The van der Waals surface area contributed by atoms with Crippen LogP contribution in [0.3, 0.4) is 0 Å². The first kappa shape index (κ1) is 16.5. The Bertz CT molecular complexity index is 807. The zero-order valence-electron chi connectivity index (χ0n) is 14.5. The SMILES string of the molecule is CC1=C(c2ccccc2C(N)O)C(N2CCOCC2)c2ccccc21. The van der Waals surface area contributed by atoms with Crippen LogP contribution in [0.15, 0.2) is 48.5 Å². The van der Waals surface area contributed by atoms with Crippen molar-refractivity contribution in [2.75, 3.05) is 26.3 Å². The lowest BCUT2D eigenvalue weighted by molar-refractivity contribution is 0.0274. The first-order valence-electron chi connectivity index (χ1n) is 8.83. The molecule has 1 heterocycles. The molecular weight excluding hydrogens is 312 g/mol. The normalized spacial score (nSPS) is 22.1. The van der Waals surface area contributed by atoms with E-state index in [4.69, 9.17) is 10.5 Å². The van der Waals surface area contributed by atoms with Gasteiger partial charge in [-0.3, -0.25) is 4.90 Å². The summed E-state index contributed by atoms with van der Waals surface area (Å²) in [6.07, 6.45) is -0.981. The molecule has 130 valence electrons. The highest BCUT2D eigenvalue weighted by molar-refractivity contribution is 5.99. The van der Waals surface area contributed by atoms with Gasteiger partial charge < -0.3 is 15.6 Å². The Morgan fingerprint density at radius 1 is 1.04 bits per heavy atom. The lowest BCUT2D eigenvalue weighted by Gasteiger charge is -2.35. The summed E-state index contributed by atoms with van der Waals surface area (Å²) in [4.78, 5) is 2.48. The molecule has 0 radical (unpaired) electrons. The van der Waals surface area contributed by atoms with Crippen LogP contribution in [0.4, 0.5) is 0 Å². The average molecular weight is 336 g/mol. The number of rotatable bonds is 3. The van der Waals surface area contributed by atoms with E-state index in [1.165, 1.54) is 22.3 Å². The largest absolute Gasteiger partial charge is 0.379 e. The van der Waals surface area contributed by atoms with Crippen LogP contribution in [-0.2, 0) is 4.74 Å². The van der Waals surface area contributed by atoms with Crippen LogP contribution in [0.2, 0.25) is 0 Å². The molecule has 1 aliphatic carbocycles. The van der Waals surface area contributed by atoms with Gasteiger partial charge in [-0.05, 0) is 34.8 Å². The topological polar surface area (TPSA) is 58.7 Å². The highest BCUT2D eigenvalue weighted by atomic mass is 16.5. The van der Waals surface area contributed by atoms with Crippen LogP contribution >= 0.6 is 0 Å². The molecule has 2 unspecified atom stereocenters. The zero-order chi connectivity index (χ0) is 17.4. The van der Waals surface area contributed by atoms with Crippen molar-refractivity contribution in [1.82, 2.24) is 4.90 Å². The van der Waals surface area contributed by atoms with Crippen molar-refractivity contribution in [2.24, 2.45) is 5.73 Å². The van der Waals surface area contributed by atoms with Crippen LogP contribution in [0.5, 0.6) is 0 Å². The van der Waals surface area contributed by atoms with Crippen LogP contribution in [-0.4, -0.2) is 36.3 Å². The summed E-state index contributed by atoms with van der Waals surface area (Å²) in [7, 11) is 0. The number of aliphatic hydroxyl groups excluding tert-OH is 1. The summed E-state index contributed by atoms with van der Waals surface area (Å²) in [6.45, 7) is 5.50. The Morgan fingerprint density at radius 2 is 1.68 bits per heavy atom. The molecule has 0 amide bonds. The molecule has 4 rings (SSSR count). The van der Waals surface area contributed by atoms with Crippen molar-refractivity contribution in [3.63, 3.8) is 0 Å². The second-order valence-corrected chi connectivity index (χ2v) is 6.71. The van der Waals surface area contributed by atoms with Gasteiger partial charge in [0.1, 0.15) is 6.23 Å². The van der Waals surface area contributed by atoms with Crippen molar-refractivity contribution in [2.45, 2.75) is 19.2 Å². The lowest BCUT2D eigenvalue weighted by atomic mass is 9.91. The molecule has 1 saturated heterocycles. The first-order valence-corrected chi connectivity index (χ1v) is 8.83. The summed E-state index contributed by atoms with van der Waals surface area (Å²) in [5.41, 5.74) is 12.8. The van der Waals surface area contributed by atoms with Crippen molar-refractivity contribution in [3.8, 4) is 0 Å². The third-order valence-electron chi connectivity index (χ3n) is 5.32. The number of hydrogen-bond acceptors (Lipinski definition) is 4. The number of benzene rings is 2. The van der Waals surface area contributed by atoms with Crippen LogP contribution in [0, 0.1) is 0 Å². The molecule has 2 aromatic rings. The number of allylic oxidation sites excluding steroid dienone is 1. The minimum atomic E-state index is -0.981. The summed E-state index contributed by atoms with van der Waals surface area (Å²) in [5, 5.41) is 10.1. The molecule has 25 heavy (non-hydrogen) atoms. The molecule has 3 N–H and O–H groups in total. The molecular formula is C21H24N2O2. The fourth-order valence-corrected chi connectivity index (χ4v) is 4.15. The summed E-state index contributed by atoms with van der Waals surface area (Å²) in [6, 6.07) is 16.7. The van der Waals surface area contributed by atoms with Gasteiger partial charge in [-0.15, -0.1) is 0 Å². The Morgan fingerprint density at radius 3 is 2.40 bits per heavy atom. The minimum absolute atomic E-state index is 0.181. The molecule has 0 spiro atoms. The molecule has 0 aromatic heterocycles. The Kier molecular flexibility index (Phi) is 4.44.